The lowest BCUT2D eigenvalue weighted by Gasteiger charge is -2.13. The van der Waals surface area contributed by atoms with Gasteiger partial charge in [-0.2, -0.15) is 0 Å². The zero-order valence-corrected chi connectivity index (χ0v) is 6.03. The largest absolute Gasteiger partial charge is 0.396 e. The third-order valence-electron chi connectivity index (χ3n) is 1.34. The van der Waals surface area contributed by atoms with Gasteiger partial charge in [0.05, 0.1) is 6.61 Å². The average molecular weight is 148 g/mol. The van der Waals surface area contributed by atoms with E-state index in [1.165, 1.54) is 0 Å². The molecule has 0 heterocycles. The summed E-state index contributed by atoms with van der Waals surface area (Å²) in [5.74, 6) is 0. The van der Waals surface area contributed by atoms with Crippen LogP contribution in [0.25, 0.3) is 0 Å². The molecule has 0 aliphatic heterocycles. The normalized spacial score (nSPS) is 16.8. The van der Waals surface area contributed by atoms with Gasteiger partial charge in [0, 0.05) is 18.7 Å². The maximum atomic E-state index is 8.51. The Hall–Kier alpha value is -0.160. The highest BCUT2D eigenvalue weighted by Crippen LogP contribution is 1.96. The molecule has 62 valence electrons. The molecule has 0 aromatic carbocycles. The van der Waals surface area contributed by atoms with Crippen molar-refractivity contribution in [3.8, 4) is 0 Å². The van der Waals surface area contributed by atoms with Crippen LogP contribution in [0.3, 0.4) is 0 Å². The summed E-state index contributed by atoms with van der Waals surface area (Å²) in [7, 11) is 0. The van der Waals surface area contributed by atoms with Crippen LogP contribution >= 0.6 is 0 Å². The van der Waals surface area contributed by atoms with Crippen LogP contribution in [0, 0.1) is 0 Å². The predicted octanol–water partition coefficient (Wildman–Crippen LogP) is -1.59. The highest BCUT2D eigenvalue weighted by atomic mass is 16.3. The molecule has 0 spiro atoms. The Morgan fingerprint density at radius 1 is 1.10 bits per heavy atom. The van der Waals surface area contributed by atoms with Crippen LogP contribution in [0.1, 0.15) is 12.8 Å². The molecule has 0 aliphatic rings. The van der Waals surface area contributed by atoms with Crippen molar-refractivity contribution in [2.24, 2.45) is 11.5 Å². The first-order valence-corrected chi connectivity index (χ1v) is 3.43. The van der Waals surface area contributed by atoms with Gasteiger partial charge in [-0.05, 0) is 12.8 Å². The Morgan fingerprint density at radius 3 is 2.10 bits per heavy atom. The summed E-state index contributed by atoms with van der Waals surface area (Å²) in [6, 6.07) is -0.339. The molecule has 4 nitrogen and oxygen atoms in total. The summed E-state index contributed by atoms with van der Waals surface area (Å²) >= 11 is 0. The summed E-state index contributed by atoms with van der Waals surface area (Å²) in [4.78, 5) is 0. The van der Waals surface area contributed by atoms with Gasteiger partial charge in [-0.1, -0.05) is 0 Å². The van der Waals surface area contributed by atoms with E-state index in [0.29, 0.717) is 12.8 Å². The summed E-state index contributed by atoms with van der Waals surface area (Å²) in [5, 5.41) is 16.9. The highest BCUT2D eigenvalue weighted by molar-refractivity contribution is 4.68. The second-order valence-corrected chi connectivity index (χ2v) is 2.45. The van der Waals surface area contributed by atoms with E-state index < -0.39 is 0 Å². The quantitative estimate of drug-likeness (QED) is 0.378. The van der Waals surface area contributed by atoms with Gasteiger partial charge in [0.25, 0.3) is 0 Å². The number of aliphatic hydroxyl groups excluding tert-OH is 2. The highest BCUT2D eigenvalue weighted by Gasteiger charge is 2.06. The number of rotatable bonds is 5. The molecule has 0 amide bonds. The van der Waals surface area contributed by atoms with Crippen LogP contribution in [0.2, 0.25) is 0 Å². The average Bonchev–Trinajstić information content (AvgIpc) is 1.88. The van der Waals surface area contributed by atoms with Crippen molar-refractivity contribution in [3.05, 3.63) is 0 Å². The molecule has 0 radical (unpaired) electrons. The van der Waals surface area contributed by atoms with Gasteiger partial charge < -0.3 is 21.7 Å². The van der Waals surface area contributed by atoms with Crippen molar-refractivity contribution in [2.45, 2.75) is 24.9 Å². The number of hydrogen-bond donors (Lipinski definition) is 4. The van der Waals surface area contributed by atoms with Gasteiger partial charge in [-0.25, -0.2) is 0 Å². The van der Waals surface area contributed by atoms with E-state index in [2.05, 4.69) is 0 Å². The molecule has 0 aromatic heterocycles. The second kappa shape index (κ2) is 5.61. The summed E-state index contributed by atoms with van der Waals surface area (Å²) in [6.45, 7) is 0.0401. The molecule has 0 saturated heterocycles. The first-order chi connectivity index (χ1) is 4.70. The second-order valence-electron chi connectivity index (χ2n) is 2.45. The van der Waals surface area contributed by atoms with Crippen LogP contribution in [0.5, 0.6) is 0 Å². The van der Waals surface area contributed by atoms with E-state index in [4.69, 9.17) is 21.7 Å². The Balaban J connectivity index is 3.27. The predicted molar refractivity (Wildman–Crippen MR) is 39.4 cm³/mol. The summed E-state index contributed by atoms with van der Waals surface area (Å²) in [6.07, 6.45) is 1.12. The molecule has 0 aromatic rings. The zero-order chi connectivity index (χ0) is 7.98. The molecule has 4 heteroatoms. The molecule has 6 N–H and O–H groups in total. The van der Waals surface area contributed by atoms with E-state index in [1.54, 1.807) is 0 Å². The summed E-state index contributed by atoms with van der Waals surface area (Å²) in [5.41, 5.74) is 10.9. The monoisotopic (exact) mass is 148 g/mol. The lowest BCUT2D eigenvalue weighted by atomic mass is 10.1. The molecule has 2 unspecified atom stereocenters. The van der Waals surface area contributed by atoms with Gasteiger partial charge in [0.1, 0.15) is 0 Å². The Bertz CT molecular complexity index is 80.1. The number of nitrogens with two attached hydrogens (primary N) is 2. The fourth-order valence-electron chi connectivity index (χ4n) is 0.747. The number of aliphatic hydroxyl groups is 2. The van der Waals surface area contributed by atoms with Gasteiger partial charge >= 0.3 is 0 Å². The maximum absolute atomic E-state index is 8.51. The van der Waals surface area contributed by atoms with Crippen molar-refractivity contribution in [1.29, 1.82) is 0 Å². The standard InChI is InChI=1S/C6H16N2O2/c7-5(1-2-9)3-6(8)4-10/h5-6,9-10H,1-4,7-8H2. The SMILES string of the molecule is NC(CO)CC(N)CCO. The van der Waals surface area contributed by atoms with E-state index in [1.807, 2.05) is 0 Å². The molecule has 0 rings (SSSR count). The third-order valence-corrected chi connectivity index (χ3v) is 1.34. The Labute approximate surface area is 60.8 Å². The molecular formula is C6H16N2O2. The Kier molecular flexibility index (Phi) is 5.52. The van der Waals surface area contributed by atoms with Crippen molar-refractivity contribution < 1.29 is 10.2 Å². The fourth-order valence-corrected chi connectivity index (χ4v) is 0.747. The van der Waals surface area contributed by atoms with Crippen LogP contribution in [-0.4, -0.2) is 35.5 Å². The minimum atomic E-state index is -0.249. The van der Waals surface area contributed by atoms with E-state index >= 15 is 0 Å². The van der Waals surface area contributed by atoms with Crippen LogP contribution in [0.4, 0.5) is 0 Å². The van der Waals surface area contributed by atoms with Gasteiger partial charge in [-0.3, -0.25) is 0 Å². The fraction of sp³-hybridized carbons (Fsp3) is 1.00. The van der Waals surface area contributed by atoms with E-state index in [-0.39, 0.29) is 25.3 Å². The van der Waals surface area contributed by atoms with Crippen LogP contribution in [0.15, 0.2) is 0 Å². The van der Waals surface area contributed by atoms with Crippen LogP contribution < -0.4 is 11.5 Å². The van der Waals surface area contributed by atoms with Gasteiger partial charge in [0.15, 0.2) is 0 Å². The van der Waals surface area contributed by atoms with Gasteiger partial charge in [0.2, 0.25) is 0 Å². The number of hydrogen-bond acceptors (Lipinski definition) is 4. The molecular weight excluding hydrogens is 132 g/mol. The molecule has 10 heavy (non-hydrogen) atoms. The minimum absolute atomic E-state index is 0.0425. The zero-order valence-electron chi connectivity index (χ0n) is 6.03. The third kappa shape index (κ3) is 4.69. The molecule has 0 bridgehead atoms. The van der Waals surface area contributed by atoms with Crippen molar-refractivity contribution in [2.75, 3.05) is 13.2 Å². The topological polar surface area (TPSA) is 92.5 Å². The van der Waals surface area contributed by atoms with Crippen molar-refractivity contribution in [1.82, 2.24) is 0 Å². The van der Waals surface area contributed by atoms with E-state index in [0.717, 1.165) is 0 Å². The first-order valence-electron chi connectivity index (χ1n) is 3.43. The van der Waals surface area contributed by atoms with E-state index in [9.17, 15) is 0 Å². The van der Waals surface area contributed by atoms with Gasteiger partial charge in [-0.15, -0.1) is 0 Å². The lowest BCUT2D eigenvalue weighted by Crippen LogP contribution is -2.34. The van der Waals surface area contributed by atoms with Crippen molar-refractivity contribution >= 4 is 0 Å². The molecule has 0 aliphatic carbocycles. The minimum Gasteiger partial charge on any atom is -0.396 e. The first kappa shape index (κ1) is 9.84. The smallest absolute Gasteiger partial charge is 0.0583 e. The summed E-state index contributed by atoms with van der Waals surface area (Å²) < 4.78 is 0. The maximum Gasteiger partial charge on any atom is 0.0583 e. The van der Waals surface area contributed by atoms with Crippen LogP contribution in [-0.2, 0) is 0 Å². The lowest BCUT2D eigenvalue weighted by molar-refractivity contribution is 0.237. The van der Waals surface area contributed by atoms with Crippen molar-refractivity contribution in [3.63, 3.8) is 0 Å². The Morgan fingerprint density at radius 2 is 1.70 bits per heavy atom. The molecule has 0 saturated carbocycles. The molecule has 0 fully saturated rings. The molecule has 2 atom stereocenters.